The number of rotatable bonds is 3. The van der Waals surface area contributed by atoms with Crippen LogP contribution >= 0.6 is 23.4 Å². The van der Waals surface area contributed by atoms with Gasteiger partial charge in [0.05, 0.1) is 0 Å². The van der Waals surface area contributed by atoms with Crippen molar-refractivity contribution in [3.8, 4) is 0 Å². The number of thioether (sulfide) groups is 1. The molecule has 0 aliphatic carbocycles. The highest BCUT2D eigenvalue weighted by Crippen LogP contribution is 2.12. The lowest BCUT2D eigenvalue weighted by molar-refractivity contribution is 0.902. The molecule has 1 aromatic carbocycles. The van der Waals surface area contributed by atoms with Crippen LogP contribution in [0, 0.1) is 0 Å². The Morgan fingerprint density at radius 1 is 1.35 bits per heavy atom. The molecule has 0 radical (unpaired) electrons. The van der Waals surface area contributed by atoms with E-state index >= 15 is 0 Å². The molecular formula is C12H11ClN2OS. The van der Waals surface area contributed by atoms with E-state index in [0.29, 0.717) is 22.2 Å². The van der Waals surface area contributed by atoms with E-state index in [1.165, 1.54) is 11.8 Å². The first kappa shape index (κ1) is 12.2. The van der Waals surface area contributed by atoms with Crippen LogP contribution in [0.3, 0.4) is 0 Å². The minimum Gasteiger partial charge on any atom is -0.301 e. The Kier molecular flexibility index (Phi) is 3.86. The average Bonchev–Trinajstić information content (AvgIpc) is 2.34. The second-order valence-electron chi connectivity index (χ2n) is 3.55. The second kappa shape index (κ2) is 5.38. The van der Waals surface area contributed by atoms with Crippen LogP contribution in [0.1, 0.15) is 11.1 Å². The second-order valence-corrected chi connectivity index (χ2v) is 4.78. The van der Waals surface area contributed by atoms with E-state index in [9.17, 15) is 4.79 Å². The zero-order valence-corrected chi connectivity index (χ0v) is 10.8. The molecule has 1 heterocycles. The van der Waals surface area contributed by atoms with Gasteiger partial charge in [-0.1, -0.05) is 35.5 Å². The van der Waals surface area contributed by atoms with Crippen LogP contribution in [0.25, 0.3) is 0 Å². The molecule has 2 rings (SSSR count). The monoisotopic (exact) mass is 266 g/mol. The number of H-pyrrole nitrogens is 1. The molecular weight excluding hydrogens is 256 g/mol. The van der Waals surface area contributed by atoms with Crippen LogP contribution in [0.4, 0.5) is 0 Å². The summed E-state index contributed by atoms with van der Waals surface area (Å²) in [5, 5.41) is 1.33. The first-order chi connectivity index (χ1) is 8.19. The van der Waals surface area contributed by atoms with Crippen molar-refractivity contribution >= 4 is 23.4 Å². The number of hydrogen-bond acceptors (Lipinski definition) is 3. The minimum atomic E-state index is -0.0840. The highest BCUT2D eigenvalue weighted by molar-refractivity contribution is 7.98. The smallest absolute Gasteiger partial charge is 0.255 e. The summed E-state index contributed by atoms with van der Waals surface area (Å²) in [7, 11) is 0. The molecule has 88 valence electrons. The molecule has 0 bridgehead atoms. The van der Waals surface area contributed by atoms with Gasteiger partial charge in [0.15, 0.2) is 5.16 Å². The molecule has 2 aromatic rings. The predicted molar refractivity (Wildman–Crippen MR) is 70.9 cm³/mol. The molecule has 0 fully saturated rings. The summed E-state index contributed by atoms with van der Waals surface area (Å²) in [6, 6.07) is 7.44. The maximum Gasteiger partial charge on any atom is 0.255 e. The molecule has 0 aliphatic rings. The SMILES string of the molecule is CSc1ncc(Cc2ccc(Cl)cc2)c(=O)[nH]1. The van der Waals surface area contributed by atoms with Crippen molar-refractivity contribution in [3.63, 3.8) is 0 Å². The van der Waals surface area contributed by atoms with E-state index in [4.69, 9.17) is 11.6 Å². The first-order valence-corrected chi connectivity index (χ1v) is 6.66. The molecule has 0 saturated heterocycles. The molecule has 0 spiro atoms. The van der Waals surface area contributed by atoms with Gasteiger partial charge in [0.2, 0.25) is 0 Å². The van der Waals surface area contributed by atoms with Crippen LogP contribution < -0.4 is 5.56 Å². The van der Waals surface area contributed by atoms with Crippen LogP contribution in [0.5, 0.6) is 0 Å². The third-order valence-electron chi connectivity index (χ3n) is 2.35. The van der Waals surface area contributed by atoms with Crippen molar-refractivity contribution in [2.75, 3.05) is 6.26 Å². The largest absolute Gasteiger partial charge is 0.301 e. The van der Waals surface area contributed by atoms with E-state index in [-0.39, 0.29) is 5.56 Å². The van der Waals surface area contributed by atoms with Crippen LogP contribution in [-0.4, -0.2) is 16.2 Å². The van der Waals surface area contributed by atoms with Crippen LogP contribution in [-0.2, 0) is 6.42 Å². The quantitative estimate of drug-likeness (QED) is 0.686. The Morgan fingerprint density at radius 3 is 2.65 bits per heavy atom. The molecule has 0 aliphatic heterocycles. The first-order valence-electron chi connectivity index (χ1n) is 5.05. The Bertz CT molecular complexity index is 565. The maximum atomic E-state index is 11.7. The normalized spacial score (nSPS) is 10.5. The van der Waals surface area contributed by atoms with Crippen molar-refractivity contribution in [2.24, 2.45) is 0 Å². The van der Waals surface area contributed by atoms with Gasteiger partial charge in [-0.3, -0.25) is 4.79 Å². The van der Waals surface area contributed by atoms with Crippen LogP contribution in [0.2, 0.25) is 5.02 Å². The summed E-state index contributed by atoms with van der Waals surface area (Å²) in [5.74, 6) is 0. The van der Waals surface area contributed by atoms with E-state index < -0.39 is 0 Å². The summed E-state index contributed by atoms with van der Waals surface area (Å²) in [4.78, 5) is 18.6. The molecule has 3 nitrogen and oxygen atoms in total. The standard InChI is InChI=1S/C12H11ClN2OS/c1-17-12-14-7-9(11(16)15-12)6-8-2-4-10(13)5-3-8/h2-5,7H,6H2,1H3,(H,14,15,16). The molecule has 1 N–H and O–H groups in total. The highest BCUT2D eigenvalue weighted by Gasteiger charge is 2.03. The molecule has 0 saturated carbocycles. The van der Waals surface area contributed by atoms with Crippen molar-refractivity contribution < 1.29 is 0 Å². The average molecular weight is 267 g/mol. The zero-order chi connectivity index (χ0) is 12.3. The van der Waals surface area contributed by atoms with Gasteiger partial charge in [-0.15, -0.1) is 0 Å². The van der Waals surface area contributed by atoms with Gasteiger partial charge in [0.1, 0.15) is 0 Å². The number of benzene rings is 1. The Morgan fingerprint density at radius 2 is 2.06 bits per heavy atom. The fourth-order valence-electron chi connectivity index (χ4n) is 1.46. The minimum absolute atomic E-state index is 0.0840. The van der Waals surface area contributed by atoms with Gasteiger partial charge in [0.25, 0.3) is 5.56 Å². The van der Waals surface area contributed by atoms with Crippen LogP contribution in [0.15, 0.2) is 40.4 Å². The highest BCUT2D eigenvalue weighted by atomic mass is 35.5. The van der Waals surface area contributed by atoms with Crippen molar-refractivity contribution in [1.82, 2.24) is 9.97 Å². The van der Waals surface area contributed by atoms with Gasteiger partial charge >= 0.3 is 0 Å². The topological polar surface area (TPSA) is 45.8 Å². The van der Waals surface area contributed by atoms with Crippen molar-refractivity contribution in [1.29, 1.82) is 0 Å². The number of halogens is 1. The number of aromatic nitrogens is 2. The molecule has 0 amide bonds. The molecule has 5 heteroatoms. The molecule has 17 heavy (non-hydrogen) atoms. The van der Waals surface area contributed by atoms with Crippen molar-refractivity contribution in [2.45, 2.75) is 11.6 Å². The van der Waals surface area contributed by atoms with Gasteiger partial charge in [-0.2, -0.15) is 0 Å². The lowest BCUT2D eigenvalue weighted by Crippen LogP contribution is -2.14. The number of hydrogen-bond donors (Lipinski definition) is 1. The Hall–Kier alpha value is -1.26. The third-order valence-corrected chi connectivity index (χ3v) is 3.20. The summed E-state index contributed by atoms with van der Waals surface area (Å²) in [6.45, 7) is 0. The van der Waals surface area contributed by atoms with E-state index in [1.807, 2.05) is 30.5 Å². The van der Waals surface area contributed by atoms with E-state index in [0.717, 1.165) is 5.56 Å². The summed E-state index contributed by atoms with van der Waals surface area (Å²) in [5.41, 5.74) is 1.61. The van der Waals surface area contributed by atoms with E-state index in [1.54, 1.807) is 6.20 Å². The number of aromatic amines is 1. The van der Waals surface area contributed by atoms with E-state index in [2.05, 4.69) is 9.97 Å². The molecule has 1 aromatic heterocycles. The maximum absolute atomic E-state index is 11.7. The van der Waals surface area contributed by atoms with Gasteiger partial charge in [-0.25, -0.2) is 4.98 Å². The number of nitrogens with zero attached hydrogens (tertiary/aromatic N) is 1. The van der Waals surface area contributed by atoms with Crippen molar-refractivity contribution in [3.05, 3.63) is 57.0 Å². The fraction of sp³-hybridized carbons (Fsp3) is 0.167. The lowest BCUT2D eigenvalue weighted by atomic mass is 10.1. The third kappa shape index (κ3) is 3.11. The van der Waals surface area contributed by atoms with Gasteiger partial charge in [0, 0.05) is 23.2 Å². The van der Waals surface area contributed by atoms with Gasteiger partial charge < -0.3 is 4.98 Å². The fourth-order valence-corrected chi connectivity index (χ4v) is 1.94. The number of nitrogens with one attached hydrogen (secondary N) is 1. The predicted octanol–water partition coefficient (Wildman–Crippen LogP) is 2.74. The van der Waals surface area contributed by atoms with Gasteiger partial charge in [-0.05, 0) is 24.0 Å². The lowest BCUT2D eigenvalue weighted by Gasteiger charge is -2.02. The summed E-state index contributed by atoms with van der Waals surface area (Å²) in [6.07, 6.45) is 4.06. The summed E-state index contributed by atoms with van der Waals surface area (Å²) < 4.78 is 0. The molecule has 0 atom stereocenters. The Labute approximate surface area is 108 Å². The Balaban J connectivity index is 2.24. The molecule has 0 unspecified atom stereocenters. The summed E-state index contributed by atoms with van der Waals surface area (Å²) >= 11 is 7.22. The zero-order valence-electron chi connectivity index (χ0n) is 9.24.